The quantitative estimate of drug-likeness (QED) is 0.171. The molecule has 0 spiro atoms. The molecule has 9 nitrogen and oxygen atoms in total. The summed E-state index contributed by atoms with van der Waals surface area (Å²) in [4.78, 5) is 39.7. The van der Waals surface area contributed by atoms with Crippen LogP contribution in [0.4, 0.5) is 5.69 Å². The Morgan fingerprint density at radius 1 is 0.875 bits per heavy atom. The van der Waals surface area contributed by atoms with E-state index in [2.05, 4.69) is 10.3 Å². The maximum absolute atomic E-state index is 13.6. The summed E-state index contributed by atoms with van der Waals surface area (Å²) in [5.41, 5.74) is 1.89. The molecule has 0 aliphatic rings. The number of nitrogens with zero attached hydrogens (tertiary/aromatic N) is 1. The van der Waals surface area contributed by atoms with Crippen LogP contribution in [0, 0.1) is 6.92 Å². The van der Waals surface area contributed by atoms with Crippen molar-refractivity contribution < 1.29 is 18.4 Å². The fourth-order valence-electron chi connectivity index (χ4n) is 4.14. The fraction of sp³-hybridized carbons (Fsp3) is 0.233. The molecule has 0 bridgehead atoms. The zero-order valence-electron chi connectivity index (χ0n) is 22.5. The molecular weight excluding hydrogens is 529 g/mol. The third kappa shape index (κ3) is 7.33. The molecule has 4 rings (SSSR count). The highest BCUT2D eigenvalue weighted by Crippen LogP contribution is 2.49. The number of aromatic nitrogens is 2. The van der Waals surface area contributed by atoms with E-state index in [0.717, 1.165) is 11.1 Å². The van der Waals surface area contributed by atoms with Crippen LogP contribution in [0.3, 0.4) is 0 Å². The topological polar surface area (TPSA) is 119 Å². The molecule has 4 aromatic rings. The zero-order chi connectivity index (χ0) is 28.5. The van der Waals surface area contributed by atoms with Crippen LogP contribution < -0.4 is 16.6 Å². The van der Waals surface area contributed by atoms with Crippen LogP contribution in [0.1, 0.15) is 39.7 Å². The van der Waals surface area contributed by atoms with Crippen molar-refractivity contribution in [1.82, 2.24) is 9.55 Å². The lowest BCUT2D eigenvalue weighted by atomic mass is 10.0. The number of hydrogen-bond donors (Lipinski definition) is 2. The molecule has 0 amide bonds. The molecular formula is C30H32N3O6P. The first kappa shape index (κ1) is 29.0. The number of carbonyl (C=O) groups excluding carboxylic acids is 1. The molecule has 0 fully saturated rings. The first-order valence-electron chi connectivity index (χ1n) is 13.0. The Morgan fingerprint density at radius 2 is 1.43 bits per heavy atom. The van der Waals surface area contributed by atoms with Crippen LogP contribution in [-0.2, 0) is 33.4 Å². The van der Waals surface area contributed by atoms with E-state index in [4.69, 9.17) is 9.05 Å². The predicted molar refractivity (Wildman–Crippen MR) is 155 cm³/mol. The molecule has 0 saturated carbocycles. The Hall–Kier alpha value is -4.04. The minimum Gasteiger partial charge on any atom is -0.384 e. The Balaban J connectivity index is 1.42. The van der Waals surface area contributed by atoms with Crippen molar-refractivity contribution >= 4 is 19.1 Å². The van der Waals surface area contributed by atoms with Crippen molar-refractivity contribution in [3.8, 4) is 0 Å². The fourth-order valence-corrected chi connectivity index (χ4v) is 5.55. The average Bonchev–Trinajstić information content (AvgIpc) is 2.98. The lowest BCUT2D eigenvalue weighted by molar-refractivity contribution is 0.102. The molecule has 40 heavy (non-hydrogen) atoms. The number of nitrogens with one attached hydrogen (secondary N) is 2. The molecule has 1 aromatic heterocycles. The molecule has 0 aliphatic carbocycles. The van der Waals surface area contributed by atoms with E-state index < -0.39 is 24.6 Å². The van der Waals surface area contributed by atoms with Gasteiger partial charge in [-0.3, -0.25) is 23.7 Å². The van der Waals surface area contributed by atoms with Gasteiger partial charge in [-0.1, -0.05) is 60.7 Å². The standard InChI is InChI=1S/C30H32N3O6P/c1-3-33-27(22(2)29(35)32-30(33)36)28(34)25-14-16-26(17-15-25)31-18-19-40(37,38-20-23-10-6-4-7-11-23)39-21-24-12-8-5-9-13-24/h4-17,31H,3,18-21H2,1-2H3,(H,32,35,36). The molecule has 2 N–H and O–H groups in total. The van der Waals surface area contributed by atoms with Gasteiger partial charge in [-0.15, -0.1) is 0 Å². The van der Waals surface area contributed by atoms with E-state index in [1.807, 2.05) is 60.7 Å². The van der Waals surface area contributed by atoms with Crippen molar-refractivity contribution in [3.63, 3.8) is 0 Å². The highest BCUT2D eigenvalue weighted by molar-refractivity contribution is 7.53. The average molecular weight is 562 g/mol. The number of benzene rings is 3. The first-order chi connectivity index (χ1) is 19.3. The summed E-state index contributed by atoms with van der Waals surface area (Å²) in [6.45, 7) is 4.12. The molecule has 0 atom stereocenters. The highest BCUT2D eigenvalue weighted by atomic mass is 31.2. The number of hydrogen-bond acceptors (Lipinski definition) is 7. The SMILES string of the molecule is CCn1c(C(=O)c2ccc(NCCP(=O)(OCc3ccccc3)OCc3ccccc3)cc2)c(C)c(=O)[nH]c1=O. The van der Waals surface area contributed by atoms with E-state index in [0.29, 0.717) is 17.8 Å². The molecule has 0 saturated heterocycles. The third-order valence-corrected chi connectivity index (χ3v) is 8.18. The van der Waals surface area contributed by atoms with Crippen molar-refractivity contribution in [2.24, 2.45) is 0 Å². The Kier molecular flexibility index (Phi) is 9.66. The molecule has 0 aliphatic heterocycles. The summed E-state index contributed by atoms with van der Waals surface area (Å²) < 4.78 is 26.5. The van der Waals surface area contributed by atoms with Gasteiger partial charge in [0.25, 0.3) is 5.56 Å². The van der Waals surface area contributed by atoms with Gasteiger partial charge in [-0.2, -0.15) is 0 Å². The molecule has 1 heterocycles. The van der Waals surface area contributed by atoms with Crippen LogP contribution in [0.25, 0.3) is 0 Å². The van der Waals surface area contributed by atoms with E-state index >= 15 is 0 Å². The van der Waals surface area contributed by atoms with Crippen molar-refractivity contribution in [1.29, 1.82) is 0 Å². The number of H-pyrrole nitrogens is 1. The van der Waals surface area contributed by atoms with Crippen LogP contribution in [0.15, 0.2) is 94.5 Å². The second kappa shape index (κ2) is 13.3. The van der Waals surface area contributed by atoms with Gasteiger partial charge < -0.3 is 14.4 Å². The molecule has 0 unspecified atom stereocenters. The number of anilines is 1. The minimum atomic E-state index is -3.46. The number of rotatable bonds is 13. The second-order valence-electron chi connectivity index (χ2n) is 9.16. The third-order valence-electron chi connectivity index (χ3n) is 6.37. The maximum Gasteiger partial charge on any atom is 0.333 e. The molecule has 0 radical (unpaired) electrons. The van der Waals surface area contributed by atoms with Gasteiger partial charge in [0.1, 0.15) is 5.69 Å². The van der Waals surface area contributed by atoms with Crippen molar-refractivity contribution in [2.45, 2.75) is 33.6 Å². The van der Waals surface area contributed by atoms with Crippen LogP contribution in [0.2, 0.25) is 0 Å². The lowest BCUT2D eigenvalue weighted by Gasteiger charge is -2.19. The van der Waals surface area contributed by atoms with Crippen LogP contribution in [-0.4, -0.2) is 28.0 Å². The van der Waals surface area contributed by atoms with Gasteiger partial charge in [-0.05, 0) is 49.2 Å². The van der Waals surface area contributed by atoms with Gasteiger partial charge in [-0.25, -0.2) is 4.79 Å². The minimum absolute atomic E-state index is 0.0732. The second-order valence-corrected chi connectivity index (χ2v) is 11.3. The van der Waals surface area contributed by atoms with Crippen molar-refractivity contribution in [3.05, 3.63) is 134 Å². The van der Waals surface area contributed by atoms with Gasteiger partial charge in [0.15, 0.2) is 0 Å². The van der Waals surface area contributed by atoms with Gasteiger partial charge >= 0.3 is 13.3 Å². The van der Waals surface area contributed by atoms with E-state index in [9.17, 15) is 18.9 Å². The lowest BCUT2D eigenvalue weighted by Crippen LogP contribution is -2.36. The van der Waals surface area contributed by atoms with E-state index in [-0.39, 0.29) is 37.2 Å². The summed E-state index contributed by atoms with van der Waals surface area (Å²) >= 11 is 0. The monoisotopic (exact) mass is 561 g/mol. The molecule has 3 aromatic carbocycles. The van der Waals surface area contributed by atoms with E-state index in [1.165, 1.54) is 11.5 Å². The Morgan fingerprint density at radius 3 is 1.95 bits per heavy atom. The van der Waals surface area contributed by atoms with Crippen LogP contribution >= 0.6 is 7.60 Å². The van der Waals surface area contributed by atoms with Gasteiger partial charge in [0.2, 0.25) is 5.78 Å². The zero-order valence-corrected chi connectivity index (χ0v) is 23.4. The highest BCUT2D eigenvalue weighted by Gasteiger charge is 2.25. The smallest absolute Gasteiger partial charge is 0.333 e. The normalized spacial score (nSPS) is 11.3. The summed E-state index contributed by atoms with van der Waals surface area (Å²) in [5, 5.41) is 3.20. The van der Waals surface area contributed by atoms with E-state index in [1.54, 1.807) is 31.2 Å². The molecule has 10 heteroatoms. The largest absolute Gasteiger partial charge is 0.384 e. The number of ketones is 1. The predicted octanol–water partition coefficient (Wildman–Crippen LogP) is 5.13. The maximum atomic E-state index is 13.6. The Labute approximate surface area is 232 Å². The summed E-state index contributed by atoms with van der Waals surface area (Å²) in [7, 11) is -3.46. The summed E-state index contributed by atoms with van der Waals surface area (Å²) in [5.74, 6) is -0.415. The van der Waals surface area contributed by atoms with Crippen LogP contribution in [0.5, 0.6) is 0 Å². The molecule has 208 valence electrons. The number of carbonyl (C=O) groups is 1. The summed E-state index contributed by atoms with van der Waals surface area (Å²) in [6.07, 6.45) is 0.127. The van der Waals surface area contributed by atoms with Crippen molar-refractivity contribution in [2.75, 3.05) is 18.0 Å². The van der Waals surface area contributed by atoms with Gasteiger partial charge in [0, 0.05) is 29.9 Å². The number of aromatic amines is 1. The summed E-state index contributed by atoms with van der Waals surface area (Å²) in [6, 6.07) is 25.6. The first-order valence-corrected chi connectivity index (χ1v) is 14.7. The van der Waals surface area contributed by atoms with Gasteiger partial charge in [0.05, 0.1) is 19.4 Å². The Bertz CT molecular complexity index is 1550.